The van der Waals surface area contributed by atoms with Gasteiger partial charge in [-0.25, -0.2) is 0 Å². The van der Waals surface area contributed by atoms with Crippen LogP contribution in [0.3, 0.4) is 0 Å². The van der Waals surface area contributed by atoms with E-state index in [1.54, 1.807) is 11.1 Å². The van der Waals surface area contributed by atoms with Gasteiger partial charge in [0.25, 0.3) is 0 Å². The van der Waals surface area contributed by atoms with Crippen molar-refractivity contribution in [2.24, 2.45) is 13.0 Å². The van der Waals surface area contributed by atoms with E-state index in [4.69, 9.17) is 0 Å². The van der Waals surface area contributed by atoms with Gasteiger partial charge in [0, 0.05) is 50.4 Å². The maximum absolute atomic E-state index is 4.33. The van der Waals surface area contributed by atoms with Gasteiger partial charge in [-0.2, -0.15) is 5.10 Å². The number of aromatic nitrogens is 2. The highest BCUT2D eigenvalue weighted by Crippen LogP contribution is 2.52. The zero-order chi connectivity index (χ0) is 16.1. The van der Waals surface area contributed by atoms with Gasteiger partial charge in [-0.15, -0.1) is 0 Å². The predicted octanol–water partition coefficient (Wildman–Crippen LogP) is 2.79. The highest BCUT2D eigenvalue weighted by Gasteiger charge is 2.48. The summed E-state index contributed by atoms with van der Waals surface area (Å²) >= 11 is 0. The van der Waals surface area contributed by atoms with E-state index < -0.39 is 0 Å². The minimum absolute atomic E-state index is 0.646. The number of rotatable bonds is 3. The molecule has 0 N–H and O–H groups in total. The van der Waals surface area contributed by atoms with Crippen molar-refractivity contribution < 1.29 is 0 Å². The molecule has 2 fully saturated rings. The predicted molar refractivity (Wildman–Crippen MR) is 94.7 cm³/mol. The van der Waals surface area contributed by atoms with E-state index in [9.17, 15) is 0 Å². The molecule has 5 rings (SSSR count). The second-order valence-electron chi connectivity index (χ2n) is 7.80. The van der Waals surface area contributed by atoms with Crippen LogP contribution in [0.5, 0.6) is 0 Å². The van der Waals surface area contributed by atoms with Gasteiger partial charge < -0.3 is 0 Å². The number of nitrogens with zero attached hydrogens (tertiary/aromatic N) is 4. The molecule has 4 nitrogen and oxygen atoms in total. The Labute approximate surface area is 144 Å². The Hall–Kier alpha value is -1.65. The van der Waals surface area contributed by atoms with Crippen molar-refractivity contribution in [1.29, 1.82) is 0 Å². The Morgan fingerprint density at radius 1 is 1.08 bits per heavy atom. The summed E-state index contributed by atoms with van der Waals surface area (Å²) in [6, 6.07) is 9.88. The second-order valence-corrected chi connectivity index (χ2v) is 7.80. The third-order valence-electron chi connectivity index (χ3n) is 6.26. The van der Waals surface area contributed by atoms with Crippen molar-refractivity contribution in [2.75, 3.05) is 26.2 Å². The molecule has 3 atom stereocenters. The lowest BCUT2D eigenvalue weighted by molar-refractivity contribution is 0.179. The smallest absolute Gasteiger partial charge is 0.0534 e. The fourth-order valence-corrected chi connectivity index (χ4v) is 5.34. The topological polar surface area (TPSA) is 24.3 Å². The van der Waals surface area contributed by atoms with E-state index in [0.717, 1.165) is 12.5 Å². The molecule has 126 valence electrons. The lowest BCUT2D eigenvalue weighted by Crippen LogP contribution is -2.31. The molecule has 0 unspecified atom stereocenters. The van der Waals surface area contributed by atoms with Gasteiger partial charge in [-0.3, -0.25) is 14.5 Å². The van der Waals surface area contributed by atoms with Crippen molar-refractivity contribution in [2.45, 2.75) is 31.3 Å². The van der Waals surface area contributed by atoms with Crippen LogP contribution in [0.4, 0.5) is 0 Å². The summed E-state index contributed by atoms with van der Waals surface area (Å²) in [4.78, 5) is 5.41. The lowest BCUT2D eigenvalue weighted by Gasteiger charge is -2.30. The molecular weight excluding hydrogens is 296 g/mol. The number of fused-ring (bicyclic) bond motifs is 3. The summed E-state index contributed by atoms with van der Waals surface area (Å²) in [5, 5.41) is 4.33. The Bertz CT molecular complexity index is 731. The fraction of sp³-hybridized carbons (Fsp3) is 0.550. The molecule has 1 aromatic heterocycles. The average molecular weight is 322 g/mol. The third-order valence-corrected chi connectivity index (χ3v) is 6.26. The maximum Gasteiger partial charge on any atom is 0.0534 e. The Balaban J connectivity index is 1.42. The van der Waals surface area contributed by atoms with Crippen LogP contribution in [0.1, 0.15) is 41.5 Å². The first kappa shape index (κ1) is 14.7. The number of hydrogen-bond acceptors (Lipinski definition) is 3. The highest BCUT2D eigenvalue weighted by atomic mass is 15.3. The van der Waals surface area contributed by atoms with Crippen molar-refractivity contribution in [3.05, 3.63) is 53.3 Å². The summed E-state index contributed by atoms with van der Waals surface area (Å²) in [6.45, 7) is 6.02. The zero-order valence-electron chi connectivity index (χ0n) is 14.4. The highest BCUT2D eigenvalue weighted by molar-refractivity contribution is 5.41. The molecule has 24 heavy (non-hydrogen) atoms. The second kappa shape index (κ2) is 5.71. The van der Waals surface area contributed by atoms with Crippen LogP contribution in [-0.4, -0.2) is 45.8 Å². The summed E-state index contributed by atoms with van der Waals surface area (Å²) in [5.74, 6) is 1.47. The molecule has 2 aliphatic heterocycles. The molecule has 0 radical (unpaired) electrons. The van der Waals surface area contributed by atoms with Crippen molar-refractivity contribution in [3.8, 4) is 0 Å². The van der Waals surface area contributed by atoms with Crippen LogP contribution < -0.4 is 0 Å². The van der Waals surface area contributed by atoms with E-state index in [1.807, 2.05) is 17.9 Å². The molecule has 0 spiro atoms. The minimum atomic E-state index is 0.646. The van der Waals surface area contributed by atoms with Crippen LogP contribution in [0.25, 0.3) is 0 Å². The maximum atomic E-state index is 4.33. The number of benzene rings is 1. The molecule has 2 saturated heterocycles. The van der Waals surface area contributed by atoms with Gasteiger partial charge in [-0.05, 0) is 43.0 Å². The molecule has 2 aromatic rings. The zero-order valence-corrected chi connectivity index (χ0v) is 14.4. The van der Waals surface area contributed by atoms with E-state index in [0.29, 0.717) is 12.0 Å². The van der Waals surface area contributed by atoms with Crippen LogP contribution in [0, 0.1) is 5.92 Å². The normalized spacial score (nSPS) is 30.0. The van der Waals surface area contributed by atoms with E-state index in [1.165, 1.54) is 44.6 Å². The molecule has 4 heteroatoms. The molecule has 0 saturated carbocycles. The Morgan fingerprint density at radius 3 is 2.62 bits per heavy atom. The summed E-state index contributed by atoms with van der Waals surface area (Å²) in [6.07, 6.45) is 6.91. The van der Waals surface area contributed by atoms with Gasteiger partial charge in [0.15, 0.2) is 0 Å². The summed E-state index contributed by atoms with van der Waals surface area (Å²) in [5.41, 5.74) is 4.58. The first-order valence-electron chi connectivity index (χ1n) is 9.32. The van der Waals surface area contributed by atoms with Gasteiger partial charge in [-0.1, -0.05) is 24.3 Å². The Morgan fingerprint density at radius 2 is 1.88 bits per heavy atom. The third kappa shape index (κ3) is 2.32. The first-order chi connectivity index (χ1) is 11.8. The fourth-order valence-electron chi connectivity index (χ4n) is 5.34. The van der Waals surface area contributed by atoms with Crippen LogP contribution in [-0.2, 0) is 13.6 Å². The monoisotopic (exact) mass is 322 g/mol. The van der Waals surface area contributed by atoms with E-state index in [-0.39, 0.29) is 0 Å². The van der Waals surface area contributed by atoms with Gasteiger partial charge in [0.1, 0.15) is 0 Å². The minimum Gasteiger partial charge on any atom is -0.298 e. The summed E-state index contributed by atoms with van der Waals surface area (Å²) < 4.78 is 1.91. The molecule has 3 aliphatic rings. The van der Waals surface area contributed by atoms with Crippen molar-refractivity contribution in [3.63, 3.8) is 0 Å². The molecule has 1 aromatic carbocycles. The van der Waals surface area contributed by atoms with E-state index in [2.05, 4.69) is 45.4 Å². The molecular formula is C20H26N4. The molecule has 0 amide bonds. The SMILES string of the molecule is Cn1cc(CN2C[C@H]3[C@@H](C2)c2ccccc2[C@@H]3N2CCCC2)cn1. The van der Waals surface area contributed by atoms with Crippen molar-refractivity contribution >= 4 is 0 Å². The first-order valence-corrected chi connectivity index (χ1v) is 9.32. The number of likely N-dealkylation sites (tertiary alicyclic amines) is 2. The number of aryl methyl sites for hydroxylation is 1. The quantitative estimate of drug-likeness (QED) is 0.868. The molecule has 3 heterocycles. The Kier molecular flexibility index (Phi) is 3.49. The van der Waals surface area contributed by atoms with Crippen LogP contribution in [0.15, 0.2) is 36.7 Å². The van der Waals surface area contributed by atoms with Gasteiger partial charge in [0.2, 0.25) is 0 Å². The average Bonchev–Trinajstić information content (AvgIpc) is 3.32. The van der Waals surface area contributed by atoms with Gasteiger partial charge >= 0.3 is 0 Å². The molecule has 1 aliphatic carbocycles. The summed E-state index contributed by atoms with van der Waals surface area (Å²) in [7, 11) is 2.00. The van der Waals surface area contributed by atoms with Crippen LogP contribution >= 0.6 is 0 Å². The van der Waals surface area contributed by atoms with Gasteiger partial charge in [0.05, 0.1) is 6.20 Å². The largest absolute Gasteiger partial charge is 0.298 e. The van der Waals surface area contributed by atoms with E-state index >= 15 is 0 Å². The number of hydrogen-bond donors (Lipinski definition) is 0. The van der Waals surface area contributed by atoms with Crippen molar-refractivity contribution in [1.82, 2.24) is 19.6 Å². The lowest BCUT2D eigenvalue weighted by atomic mass is 9.94. The standard InChI is InChI=1S/C20H26N4/c1-22-11-15(10-21-22)12-23-13-18-16-6-2-3-7-17(16)20(19(18)14-23)24-8-4-5-9-24/h2-3,6-7,10-11,18-20H,4-5,8-9,12-14H2,1H3/t18-,19-,20-/m0/s1. The van der Waals surface area contributed by atoms with Crippen LogP contribution in [0.2, 0.25) is 0 Å². The molecule has 0 bridgehead atoms.